The van der Waals surface area contributed by atoms with Crippen LogP contribution < -0.4 is 11.1 Å². The van der Waals surface area contributed by atoms with Gasteiger partial charge in [-0.1, -0.05) is 25.5 Å². The topological polar surface area (TPSA) is 117 Å². The predicted molar refractivity (Wildman–Crippen MR) is 152 cm³/mol. The molecule has 1 aromatic heterocycles. The fraction of sp³-hybridized carbons (Fsp3) is 0.621. The van der Waals surface area contributed by atoms with E-state index in [1.54, 1.807) is 12.1 Å². The molecule has 0 radical (unpaired) electrons. The maximum Gasteiger partial charge on any atom is 0.310 e. The van der Waals surface area contributed by atoms with Crippen LogP contribution in [0.3, 0.4) is 0 Å². The van der Waals surface area contributed by atoms with Crippen LogP contribution in [0.15, 0.2) is 18.2 Å². The minimum absolute atomic E-state index is 0.0254. The van der Waals surface area contributed by atoms with Gasteiger partial charge in [-0.25, -0.2) is 9.37 Å². The highest BCUT2D eigenvalue weighted by molar-refractivity contribution is 5.72. The van der Waals surface area contributed by atoms with E-state index in [2.05, 4.69) is 39.1 Å². The molecule has 1 saturated heterocycles. The monoisotopic (exact) mass is 544 g/mol. The van der Waals surface area contributed by atoms with Gasteiger partial charge in [-0.15, -0.1) is 0 Å². The fourth-order valence-corrected chi connectivity index (χ4v) is 4.88. The van der Waals surface area contributed by atoms with Crippen LogP contribution in [0, 0.1) is 12.7 Å². The molecule has 1 atom stereocenters. The molecule has 9 nitrogen and oxygen atoms in total. The smallest absolute Gasteiger partial charge is 0.310 e. The number of nitrogens with zero attached hydrogens (tertiary/aromatic N) is 4. The third-order valence-corrected chi connectivity index (χ3v) is 7.25. The molecule has 0 aliphatic carbocycles. The number of halogens is 1. The Morgan fingerprint density at radius 1 is 1.21 bits per heavy atom. The van der Waals surface area contributed by atoms with E-state index in [1.807, 2.05) is 6.92 Å². The number of anilines is 2. The molecule has 0 spiro atoms. The Kier molecular flexibility index (Phi) is 12.4. The molecule has 0 amide bonds. The molecule has 0 unspecified atom stereocenters. The van der Waals surface area contributed by atoms with E-state index >= 15 is 4.39 Å². The largest absolute Gasteiger partial charge is 0.465 e. The molecule has 216 valence electrons. The number of nitrogen functional groups attached to an aromatic ring is 1. The van der Waals surface area contributed by atoms with Crippen LogP contribution in [0.2, 0.25) is 0 Å². The number of rotatable bonds is 15. The number of carbonyl (C=O) groups excluding carboxylic acids is 1. The molecule has 0 bridgehead atoms. The number of piperazine rings is 1. The van der Waals surface area contributed by atoms with Gasteiger partial charge in [-0.05, 0) is 63.4 Å². The molecule has 4 N–H and O–H groups in total. The number of aliphatic hydroxyl groups excluding tert-OH is 1. The zero-order chi connectivity index (χ0) is 28.2. The van der Waals surface area contributed by atoms with Crippen molar-refractivity contribution in [3.63, 3.8) is 0 Å². The Balaban J connectivity index is 1.53. The number of nitrogens with two attached hydrogens (primary N) is 1. The van der Waals surface area contributed by atoms with Crippen molar-refractivity contribution in [1.29, 1.82) is 0 Å². The second-order valence-corrected chi connectivity index (χ2v) is 10.5. The average molecular weight is 545 g/mol. The van der Waals surface area contributed by atoms with Gasteiger partial charge in [0.2, 0.25) is 5.95 Å². The van der Waals surface area contributed by atoms with Crippen LogP contribution in [0.5, 0.6) is 0 Å². The fourth-order valence-electron chi connectivity index (χ4n) is 4.88. The minimum atomic E-state index is -0.393. The number of aromatic nitrogens is 2. The van der Waals surface area contributed by atoms with Crippen molar-refractivity contribution >= 4 is 17.7 Å². The molecular weight excluding hydrogens is 499 g/mol. The lowest BCUT2D eigenvalue weighted by Crippen LogP contribution is -2.44. The standard InChI is InChI=1S/C29H45FN6O3/c1-4-7-24(10-16-37)33-28-25(21(2)32-29(31)34-28)20-23-9-8-22(18-26(23)30)19-27(38)39-17-6-5-11-36-14-12-35(3)13-15-36/h8-9,18,24,37H,4-7,10-17,19-20H2,1-3H3,(H3,31,32,33,34)/t24-/m0/s1. The van der Waals surface area contributed by atoms with Gasteiger partial charge in [0.25, 0.3) is 0 Å². The van der Waals surface area contributed by atoms with Gasteiger partial charge in [-0.2, -0.15) is 4.98 Å². The molecule has 3 rings (SSSR count). The first kappa shape index (κ1) is 30.7. The van der Waals surface area contributed by atoms with Gasteiger partial charge < -0.3 is 30.7 Å². The van der Waals surface area contributed by atoms with Crippen molar-refractivity contribution in [3.05, 3.63) is 46.4 Å². The SMILES string of the molecule is CCC[C@@H](CCO)Nc1nc(N)nc(C)c1Cc1ccc(CC(=O)OCCCCN2CCN(C)CC2)cc1F. The van der Waals surface area contributed by atoms with Gasteiger partial charge in [0.1, 0.15) is 11.6 Å². The van der Waals surface area contributed by atoms with Gasteiger partial charge in [-0.3, -0.25) is 4.79 Å². The van der Waals surface area contributed by atoms with E-state index in [9.17, 15) is 9.90 Å². The van der Waals surface area contributed by atoms with E-state index in [0.29, 0.717) is 35.7 Å². The first-order valence-corrected chi connectivity index (χ1v) is 14.1. The van der Waals surface area contributed by atoms with E-state index in [4.69, 9.17) is 10.5 Å². The number of aliphatic hydroxyl groups is 1. The molecule has 1 aliphatic rings. The minimum Gasteiger partial charge on any atom is -0.465 e. The van der Waals surface area contributed by atoms with Crippen LogP contribution >= 0.6 is 0 Å². The number of unbranched alkanes of at least 4 members (excludes halogenated alkanes) is 1. The zero-order valence-electron chi connectivity index (χ0n) is 23.7. The van der Waals surface area contributed by atoms with Crippen molar-refractivity contribution in [3.8, 4) is 0 Å². The molecule has 2 heterocycles. The van der Waals surface area contributed by atoms with Crippen LogP contribution in [-0.2, 0) is 22.4 Å². The van der Waals surface area contributed by atoms with E-state index in [-0.39, 0.29) is 37.4 Å². The Morgan fingerprint density at radius 2 is 1.97 bits per heavy atom. The summed E-state index contributed by atoms with van der Waals surface area (Å²) >= 11 is 0. The van der Waals surface area contributed by atoms with Crippen molar-refractivity contribution < 1.29 is 19.0 Å². The van der Waals surface area contributed by atoms with Crippen molar-refractivity contribution in [1.82, 2.24) is 19.8 Å². The summed E-state index contributed by atoms with van der Waals surface area (Å²) in [6, 6.07) is 4.89. The number of benzene rings is 1. The summed E-state index contributed by atoms with van der Waals surface area (Å²) in [7, 11) is 2.14. The van der Waals surface area contributed by atoms with Crippen molar-refractivity contribution in [2.45, 2.75) is 64.8 Å². The summed E-state index contributed by atoms with van der Waals surface area (Å²) in [6.07, 6.45) is 4.50. The zero-order valence-corrected chi connectivity index (χ0v) is 23.7. The Labute approximate surface area is 232 Å². The summed E-state index contributed by atoms with van der Waals surface area (Å²) in [5, 5.41) is 12.8. The lowest BCUT2D eigenvalue weighted by Gasteiger charge is -2.32. The lowest BCUT2D eigenvalue weighted by molar-refractivity contribution is -0.142. The quantitative estimate of drug-likeness (QED) is 0.230. The molecule has 2 aromatic rings. The highest BCUT2D eigenvalue weighted by atomic mass is 19.1. The highest BCUT2D eigenvalue weighted by Crippen LogP contribution is 2.25. The molecule has 1 aromatic carbocycles. The van der Waals surface area contributed by atoms with Gasteiger partial charge in [0, 0.05) is 56.5 Å². The number of esters is 1. The van der Waals surface area contributed by atoms with Crippen LogP contribution in [0.1, 0.15) is 61.4 Å². The molecule has 0 saturated carbocycles. The Morgan fingerprint density at radius 3 is 2.67 bits per heavy atom. The summed E-state index contributed by atoms with van der Waals surface area (Å²) in [5.74, 6) is -0.0322. The lowest BCUT2D eigenvalue weighted by atomic mass is 10.0. The van der Waals surface area contributed by atoms with Gasteiger partial charge >= 0.3 is 5.97 Å². The van der Waals surface area contributed by atoms with E-state index < -0.39 is 5.82 Å². The number of likely N-dealkylation sites (N-methyl/N-ethyl adjacent to an activating group) is 1. The second kappa shape index (κ2) is 15.7. The van der Waals surface area contributed by atoms with Gasteiger partial charge in [0.15, 0.2) is 0 Å². The maximum atomic E-state index is 15.1. The summed E-state index contributed by atoms with van der Waals surface area (Å²) < 4.78 is 20.5. The number of ether oxygens (including phenoxy) is 1. The molecule has 10 heteroatoms. The second-order valence-electron chi connectivity index (χ2n) is 10.5. The third-order valence-electron chi connectivity index (χ3n) is 7.25. The van der Waals surface area contributed by atoms with Gasteiger partial charge in [0.05, 0.1) is 13.0 Å². The number of nitrogens with one attached hydrogen (secondary N) is 1. The summed E-state index contributed by atoms with van der Waals surface area (Å²) in [4.78, 5) is 25.7. The molecular formula is C29H45FN6O3. The summed E-state index contributed by atoms with van der Waals surface area (Å²) in [6.45, 7) is 9.74. The Hall–Kier alpha value is -2.82. The summed E-state index contributed by atoms with van der Waals surface area (Å²) in [5.41, 5.74) is 8.38. The number of hydrogen-bond acceptors (Lipinski definition) is 9. The molecule has 1 aliphatic heterocycles. The van der Waals surface area contributed by atoms with E-state index in [1.165, 1.54) is 6.07 Å². The Bertz CT molecular complexity index is 1060. The van der Waals surface area contributed by atoms with Crippen molar-refractivity contribution in [2.24, 2.45) is 0 Å². The van der Waals surface area contributed by atoms with Crippen molar-refractivity contribution in [2.75, 3.05) is 64.0 Å². The molecule has 39 heavy (non-hydrogen) atoms. The average Bonchev–Trinajstić information content (AvgIpc) is 2.88. The van der Waals surface area contributed by atoms with Crippen LogP contribution in [-0.4, -0.2) is 89.9 Å². The van der Waals surface area contributed by atoms with E-state index in [0.717, 1.165) is 64.0 Å². The van der Waals surface area contributed by atoms with Crippen LogP contribution in [0.4, 0.5) is 16.2 Å². The first-order valence-electron chi connectivity index (χ1n) is 14.1. The highest BCUT2D eigenvalue weighted by Gasteiger charge is 2.18. The van der Waals surface area contributed by atoms with Crippen LogP contribution in [0.25, 0.3) is 0 Å². The molecule has 1 fully saturated rings. The maximum absolute atomic E-state index is 15.1. The number of hydrogen-bond donors (Lipinski definition) is 3. The first-order chi connectivity index (χ1) is 18.8. The number of aryl methyl sites for hydroxylation is 1. The normalized spacial score (nSPS) is 15.3. The third kappa shape index (κ3) is 10.0. The number of carbonyl (C=O) groups is 1. The predicted octanol–water partition coefficient (Wildman–Crippen LogP) is 3.17.